The lowest BCUT2D eigenvalue weighted by Crippen LogP contribution is -2.45. The van der Waals surface area contributed by atoms with Crippen molar-refractivity contribution in [3.05, 3.63) is 40.5 Å². The molecule has 7 heteroatoms. The number of rotatable bonds is 4. The summed E-state index contributed by atoms with van der Waals surface area (Å²) in [6.07, 6.45) is 3.89. The molecule has 22 heavy (non-hydrogen) atoms. The Morgan fingerprint density at radius 2 is 2.27 bits per heavy atom. The van der Waals surface area contributed by atoms with Crippen LogP contribution in [0.3, 0.4) is 0 Å². The summed E-state index contributed by atoms with van der Waals surface area (Å²) in [5.41, 5.74) is 0.959. The van der Waals surface area contributed by atoms with Crippen molar-refractivity contribution in [1.29, 1.82) is 0 Å². The summed E-state index contributed by atoms with van der Waals surface area (Å²) in [5.74, 6) is 0.221. The highest BCUT2D eigenvalue weighted by Crippen LogP contribution is 2.17. The van der Waals surface area contributed by atoms with Crippen LogP contribution in [0.5, 0.6) is 0 Å². The van der Waals surface area contributed by atoms with Gasteiger partial charge in [-0.25, -0.2) is 13.2 Å². The van der Waals surface area contributed by atoms with Gasteiger partial charge in [0, 0.05) is 23.3 Å². The number of urea groups is 1. The largest absolute Gasteiger partial charge is 0.321 e. The molecule has 1 fully saturated rings. The number of benzene rings is 1. The molecule has 0 radical (unpaired) electrons. The van der Waals surface area contributed by atoms with Gasteiger partial charge in [0.1, 0.15) is 0 Å². The van der Waals surface area contributed by atoms with Crippen molar-refractivity contribution in [2.75, 3.05) is 18.1 Å². The minimum absolute atomic E-state index is 0.0591. The smallest absolute Gasteiger partial charge is 0.321 e. The average molecular weight is 387 g/mol. The highest BCUT2D eigenvalue weighted by Gasteiger charge is 2.33. The summed E-state index contributed by atoms with van der Waals surface area (Å²) in [6.45, 7) is 2.33. The molecule has 0 bridgehead atoms. The number of amides is 2. The molecule has 1 atom stereocenters. The standard InChI is InChI=1S/C15H19BrN2O3S/c1-2-18(14-7-9-22(20,21)11-14)15(19)17-8-6-12-4-3-5-13(16)10-12/h3-6,8,10,14H,2,7,9,11H2,1H3,(H,17,19)/b8-6+. The van der Waals surface area contributed by atoms with E-state index < -0.39 is 9.84 Å². The molecular weight excluding hydrogens is 368 g/mol. The van der Waals surface area contributed by atoms with E-state index in [1.807, 2.05) is 31.2 Å². The van der Waals surface area contributed by atoms with E-state index in [9.17, 15) is 13.2 Å². The second kappa shape index (κ2) is 7.28. The number of halogens is 1. The molecule has 0 aromatic heterocycles. The van der Waals surface area contributed by atoms with Gasteiger partial charge < -0.3 is 10.2 Å². The third-order valence-corrected chi connectivity index (χ3v) is 5.83. The van der Waals surface area contributed by atoms with E-state index in [1.54, 1.807) is 17.2 Å². The van der Waals surface area contributed by atoms with E-state index in [4.69, 9.17) is 0 Å². The Bertz CT molecular complexity index is 673. The van der Waals surface area contributed by atoms with Gasteiger partial charge in [0.05, 0.1) is 11.5 Å². The van der Waals surface area contributed by atoms with Gasteiger partial charge in [-0.3, -0.25) is 0 Å². The maximum atomic E-state index is 12.2. The summed E-state index contributed by atoms with van der Waals surface area (Å²) in [4.78, 5) is 13.8. The Hall–Kier alpha value is -1.34. The van der Waals surface area contributed by atoms with Crippen molar-refractivity contribution in [1.82, 2.24) is 10.2 Å². The number of carbonyl (C=O) groups excluding carboxylic acids is 1. The average Bonchev–Trinajstić information content (AvgIpc) is 2.80. The number of nitrogens with zero attached hydrogens (tertiary/aromatic N) is 1. The van der Waals surface area contributed by atoms with Gasteiger partial charge in [-0.05, 0) is 37.1 Å². The van der Waals surface area contributed by atoms with E-state index in [0.29, 0.717) is 13.0 Å². The first-order valence-electron chi connectivity index (χ1n) is 7.11. The topological polar surface area (TPSA) is 66.5 Å². The van der Waals surface area contributed by atoms with Crippen LogP contribution in [0.25, 0.3) is 6.08 Å². The van der Waals surface area contributed by atoms with Crippen LogP contribution in [0.15, 0.2) is 34.9 Å². The zero-order valence-electron chi connectivity index (χ0n) is 12.3. The van der Waals surface area contributed by atoms with Crippen LogP contribution < -0.4 is 5.32 Å². The molecule has 1 heterocycles. The Labute approximate surface area is 139 Å². The zero-order valence-corrected chi connectivity index (χ0v) is 14.7. The van der Waals surface area contributed by atoms with Crippen molar-refractivity contribution < 1.29 is 13.2 Å². The molecule has 1 aliphatic heterocycles. The molecule has 5 nitrogen and oxygen atoms in total. The number of hydrogen-bond donors (Lipinski definition) is 1. The summed E-state index contributed by atoms with van der Waals surface area (Å²) >= 11 is 3.39. The molecular formula is C15H19BrN2O3S. The predicted octanol–water partition coefficient (Wildman–Crippen LogP) is 2.64. The van der Waals surface area contributed by atoms with Crippen LogP contribution >= 0.6 is 15.9 Å². The van der Waals surface area contributed by atoms with Crippen molar-refractivity contribution in [2.24, 2.45) is 0 Å². The van der Waals surface area contributed by atoms with E-state index >= 15 is 0 Å². The highest BCUT2D eigenvalue weighted by molar-refractivity contribution is 9.10. The number of hydrogen-bond acceptors (Lipinski definition) is 3. The van der Waals surface area contributed by atoms with E-state index in [0.717, 1.165) is 10.0 Å². The molecule has 1 aromatic carbocycles. The molecule has 1 unspecified atom stereocenters. The van der Waals surface area contributed by atoms with E-state index in [1.165, 1.54) is 0 Å². The highest BCUT2D eigenvalue weighted by atomic mass is 79.9. The minimum atomic E-state index is -3.00. The van der Waals surface area contributed by atoms with Gasteiger partial charge in [0.15, 0.2) is 9.84 Å². The number of nitrogens with one attached hydrogen (secondary N) is 1. The maximum Gasteiger partial charge on any atom is 0.321 e. The third-order valence-electron chi connectivity index (χ3n) is 3.58. The van der Waals surface area contributed by atoms with Crippen LogP contribution in [-0.2, 0) is 9.84 Å². The molecule has 2 rings (SSSR count). The molecule has 2 amide bonds. The van der Waals surface area contributed by atoms with Crippen molar-refractivity contribution >= 4 is 37.9 Å². The van der Waals surface area contributed by atoms with Crippen LogP contribution in [0.2, 0.25) is 0 Å². The molecule has 0 saturated carbocycles. The fraction of sp³-hybridized carbons (Fsp3) is 0.400. The van der Waals surface area contributed by atoms with Crippen LogP contribution in [0.4, 0.5) is 4.79 Å². The van der Waals surface area contributed by atoms with Crippen molar-refractivity contribution in [2.45, 2.75) is 19.4 Å². The first-order valence-corrected chi connectivity index (χ1v) is 9.72. The summed E-state index contributed by atoms with van der Waals surface area (Å²) in [6, 6.07) is 7.20. The quantitative estimate of drug-likeness (QED) is 0.864. The molecule has 1 aliphatic rings. The van der Waals surface area contributed by atoms with E-state index in [-0.39, 0.29) is 23.6 Å². The predicted molar refractivity (Wildman–Crippen MR) is 91.1 cm³/mol. The van der Waals surface area contributed by atoms with Gasteiger partial charge in [-0.1, -0.05) is 28.1 Å². The number of carbonyl (C=O) groups is 1. The lowest BCUT2D eigenvalue weighted by atomic mass is 10.2. The van der Waals surface area contributed by atoms with Gasteiger partial charge in [-0.15, -0.1) is 0 Å². The van der Waals surface area contributed by atoms with Gasteiger partial charge in [0.2, 0.25) is 0 Å². The molecule has 1 saturated heterocycles. The second-order valence-electron chi connectivity index (χ2n) is 5.18. The Kier molecular flexibility index (Phi) is 5.63. The third kappa shape index (κ3) is 4.58. The normalized spacial score (nSPS) is 20.2. The second-order valence-corrected chi connectivity index (χ2v) is 8.33. The lowest BCUT2D eigenvalue weighted by Gasteiger charge is -2.26. The zero-order chi connectivity index (χ0) is 16.2. The maximum absolute atomic E-state index is 12.2. The fourth-order valence-corrected chi connectivity index (χ4v) is 4.64. The molecule has 120 valence electrons. The first kappa shape index (κ1) is 17.0. The fourth-order valence-electron chi connectivity index (χ4n) is 2.49. The number of sulfone groups is 1. The minimum Gasteiger partial charge on any atom is -0.321 e. The molecule has 1 aromatic rings. The van der Waals surface area contributed by atoms with Gasteiger partial charge in [0.25, 0.3) is 0 Å². The van der Waals surface area contributed by atoms with Crippen molar-refractivity contribution in [3.8, 4) is 0 Å². The SMILES string of the molecule is CCN(C(=O)N/C=C/c1cccc(Br)c1)C1CCS(=O)(=O)C1. The Morgan fingerprint density at radius 3 is 2.86 bits per heavy atom. The van der Waals surface area contributed by atoms with Crippen LogP contribution in [0.1, 0.15) is 18.9 Å². The monoisotopic (exact) mass is 386 g/mol. The summed E-state index contributed by atoms with van der Waals surface area (Å²) < 4.78 is 24.0. The van der Waals surface area contributed by atoms with E-state index in [2.05, 4.69) is 21.2 Å². The van der Waals surface area contributed by atoms with Gasteiger partial charge >= 0.3 is 6.03 Å². The van der Waals surface area contributed by atoms with Gasteiger partial charge in [-0.2, -0.15) is 0 Å². The van der Waals surface area contributed by atoms with Crippen LogP contribution in [0, 0.1) is 0 Å². The summed E-state index contributed by atoms with van der Waals surface area (Å²) in [7, 11) is -3.00. The lowest BCUT2D eigenvalue weighted by molar-refractivity contribution is 0.187. The summed E-state index contributed by atoms with van der Waals surface area (Å²) in [5, 5.41) is 2.70. The van der Waals surface area contributed by atoms with Crippen LogP contribution in [-0.4, -0.2) is 43.4 Å². The Balaban J connectivity index is 1.95. The molecule has 1 N–H and O–H groups in total. The first-order chi connectivity index (χ1) is 10.4. The van der Waals surface area contributed by atoms with Crippen molar-refractivity contribution in [3.63, 3.8) is 0 Å². The molecule has 0 aliphatic carbocycles. The molecule has 0 spiro atoms. The Morgan fingerprint density at radius 1 is 1.50 bits per heavy atom.